The summed E-state index contributed by atoms with van der Waals surface area (Å²) in [5, 5.41) is 14.0. The van der Waals surface area contributed by atoms with Crippen LogP contribution in [-0.2, 0) is 0 Å². The normalized spacial score (nSPS) is 11.8. The molecular formula is C28H17N3S. The van der Waals surface area contributed by atoms with E-state index in [0.717, 1.165) is 22.4 Å². The second-order valence-electron chi connectivity index (χ2n) is 7.98. The zero-order chi connectivity index (χ0) is 21.1. The van der Waals surface area contributed by atoms with Gasteiger partial charge in [0.1, 0.15) is 0 Å². The van der Waals surface area contributed by atoms with Crippen molar-refractivity contribution in [2.45, 2.75) is 0 Å². The van der Waals surface area contributed by atoms with Gasteiger partial charge in [-0.05, 0) is 34.7 Å². The predicted octanol–water partition coefficient (Wildman–Crippen LogP) is 7.58. The van der Waals surface area contributed by atoms with E-state index in [0.29, 0.717) is 0 Å². The van der Waals surface area contributed by atoms with Crippen LogP contribution in [0.15, 0.2) is 103 Å². The number of aromatic nitrogens is 3. The van der Waals surface area contributed by atoms with Crippen molar-refractivity contribution in [3.05, 3.63) is 103 Å². The van der Waals surface area contributed by atoms with Crippen molar-refractivity contribution in [2.75, 3.05) is 0 Å². The van der Waals surface area contributed by atoms with E-state index in [4.69, 9.17) is 0 Å². The Kier molecular flexibility index (Phi) is 3.72. The maximum atomic E-state index is 4.56. The summed E-state index contributed by atoms with van der Waals surface area (Å²) >= 11 is 1.86. The summed E-state index contributed by atoms with van der Waals surface area (Å²) in [5.74, 6) is 0.858. The fourth-order valence-electron chi connectivity index (χ4n) is 4.61. The van der Waals surface area contributed by atoms with Crippen LogP contribution >= 0.6 is 11.3 Å². The molecule has 0 atom stereocenters. The fraction of sp³-hybridized carbons (Fsp3) is 0. The Morgan fingerprint density at radius 1 is 0.625 bits per heavy atom. The van der Waals surface area contributed by atoms with Crippen molar-refractivity contribution in [3.8, 4) is 22.5 Å². The molecule has 0 unspecified atom stereocenters. The first-order valence-electron chi connectivity index (χ1n) is 10.6. The van der Waals surface area contributed by atoms with Crippen molar-refractivity contribution in [1.29, 1.82) is 0 Å². The summed E-state index contributed by atoms with van der Waals surface area (Å²) in [6, 6.07) is 34.3. The highest BCUT2D eigenvalue weighted by molar-refractivity contribution is 7.26. The van der Waals surface area contributed by atoms with Gasteiger partial charge in [0.2, 0.25) is 0 Å². The first kappa shape index (κ1) is 17.6. The van der Waals surface area contributed by atoms with Crippen LogP contribution in [0, 0.1) is 0 Å². The van der Waals surface area contributed by atoms with Crippen LogP contribution in [0.1, 0.15) is 0 Å². The van der Waals surface area contributed by atoms with Crippen LogP contribution in [0.4, 0.5) is 0 Å². The molecule has 0 bridgehead atoms. The predicted molar refractivity (Wildman–Crippen MR) is 134 cm³/mol. The molecule has 0 N–H and O–H groups in total. The summed E-state index contributed by atoms with van der Waals surface area (Å²) in [4.78, 5) is 0. The van der Waals surface area contributed by atoms with Gasteiger partial charge in [0.15, 0.2) is 11.5 Å². The third kappa shape index (κ3) is 2.53. The lowest BCUT2D eigenvalue weighted by molar-refractivity contribution is 1.11. The molecule has 3 heterocycles. The van der Waals surface area contributed by atoms with Crippen molar-refractivity contribution >= 4 is 47.9 Å². The van der Waals surface area contributed by atoms with Gasteiger partial charge < -0.3 is 0 Å². The van der Waals surface area contributed by atoms with E-state index >= 15 is 0 Å². The molecule has 0 aliphatic rings. The van der Waals surface area contributed by atoms with Crippen molar-refractivity contribution in [3.63, 3.8) is 0 Å². The topological polar surface area (TPSA) is 30.2 Å². The summed E-state index contributed by atoms with van der Waals surface area (Å²) in [6.07, 6.45) is 2.06. The standard InChI is InChI=1S/C28H17N3S/c1-2-10-22-18(7-1)15-16-31-27(29-30-28(22)31)20-9-5-8-19(17-20)21-12-6-13-24-23-11-3-4-14-25(23)32-26(21)24/h1-17H. The third-order valence-electron chi connectivity index (χ3n) is 6.14. The van der Waals surface area contributed by atoms with Gasteiger partial charge in [-0.3, -0.25) is 4.40 Å². The van der Waals surface area contributed by atoms with Gasteiger partial charge in [0.05, 0.1) is 0 Å². The quantitative estimate of drug-likeness (QED) is 0.285. The van der Waals surface area contributed by atoms with Crippen LogP contribution in [-0.4, -0.2) is 14.6 Å². The molecule has 0 aliphatic heterocycles. The second-order valence-corrected chi connectivity index (χ2v) is 9.03. The van der Waals surface area contributed by atoms with E-state index in [1.807, 2.05) is 23.5 Å². The number of hydrogen-bond donors (Lipinski definition) is 0. The molecule has 0 aliphatic carbocycles. The van der Waals surface area contributed by atoms with Crippen LogP contribution < -0.4 is 0 Å². The number of pyridine rings is 1. The smallest absolute Gasteiger partial charge is 0.168 e. The number of rotatable bonds is 2. The van der Waals surface area contributed by atoms with Crippen molar-refractivity contribution in [1.82, 2.24) is 14.6 Å². The number of nitrogens with zero attached hydrogens (tertiary/aromatic N) is 3. The molecule has 0 spiro atoms. The van der Waals surface area contributed by atoms with Gasteiger partial charge in [-0.2, -0.15) is 0 Å². The average molecular weight is 428 g/mol. The molecule has 3 aromatic heterocycles. The highest BCUT2D eigenvalue weighted by atomic mass is 32.1. The highest BCUT2D eigenvalue weighted by Gasteiger charge is 2.14. The lowest BCUT2D eigenvalue weighted by atomic mass is 10.0. The largest absolute Gasteiger partial charge is 0.282 e. The molecule has 32 heavy (non-hydrogen) atoms. The average Bonchev–Trinajstić information content (AvgIpc) is 3.46. The van der Waals surface area contributed by atoms with E-state index in [1.54, 1.807) is 0 Å². The van der Waals surface area contributed by atoms with E-state index in [-0.39, 0.29) is 0 Å². The molecular weight excluding hydrogens is 410 g/mol. The molecule has 4 heteroatoms. The summed E-state index contributed by atoms with van der Waals surface area (Å²) in [5.41, 5.74) is 4.39. The van der Waals surface area contributed by atoms with Gasteiger partial charge in [0, 0.05) is 37.3 Å². The minimum Gasteiger partial charge on any atom is -0.282 e. The Labute approximate surface area is 188 Å². The van der Waals surface area contributed by atoms with E-state index in [1.165, 1.54) is 36.7 Å². The van der Waals surface area contributed by atoms with E-state index in [2.05, 4.69) is 106 Å². The van der Waals surface area contributed by atoms with Gasteiger partial charge in [-0.25, -0.2) is 0 Å². The fourth-order valence-corrected chi connectivity index (χ4v) is 5.85. The maximum absolute atomic E-state index is 4.56. The number of benzene rings is 4. The van der Waals surface area contributed by atoms with Crippen LogP contribution in [0.3, 0.4) is 0 Å². The molecule has 0 saturated carbocycles. The Balaban J connectivity index is 1.43. The first-order chi connectivity index (χ1) is 15.9. The summed E-state index contributed by atoms with van der Waals surface area (Å²) in [7, 11) is 0. The molecule has 3 nitrogen and oxygen atoms in total. The summed E-state index contributed by atoms with van der Waals surface area (Å²) < 4.78 is 4.73. The molecule has 0 fully saturated rings. The van der Waals surface area contributed by atoms with Crippen LogP contribution in [0.25, 0.3) is 59.1 Å². The minimum absolute atomic E-state index is 0.858. The Hall–Kier alpha value is -4.02. The molecule has 0 radical (unpaired) electrons. The summed E-state index contributed by atoms with van der Waals surface area (Å²) in [6.45, 7) is 0. The van der Waals surface area contributed by atoms with Crippen LogP contribution in [0.5, 0.6) is 0 Å². The Morgan fingerprint density at radius 2 is 1.41 bits per heavy atom. The van der Waals surface area contributed by atoms with Gasteiger partial charge in [-0.1, -0.05) is 78.9 Å². The van der Waals surface area contributed by atoms with Crippen LogP contribution in [0.2, 0.25) is 0 Å². The second kappa shape index (κ2) is 6.74. The Bertz CT molecular complexity index is 1790. The lowest BCUT2D eigenvalue weighted by Crippen LogP contribution is -1.90. The van der Waals surface area contributed by atoms with Gasteiger partial charge in [-0.15, -0.1) is 21.5 Å². The van der Waals surface area contributed by atoms with Crippen molar-refractivity contribution in [2.24, 2.45) is 0 Å². The van der Waals surface area contributed by atoms with Crippen molar-refractivity contribution < 1.29 is 0 Å². The van der Waals surface area contributed by atoms with Gasteiger partial charge >= 0.3 is 0 Å². The zero-order valence-corrected chi connectivity index (χ0v) is 17.9. The zero-order valence-electron chi connectivity index (χ0n) is 17.1. The molecule has 7 aromatic rings. The number of thiophene rings is 1. The molecule has 4 aromatic carbocycles. The van der Waals surface area contributed by atoms with E-state index < -0.39 is 0 Å². The Morgan fingerprint density at radius 3 is 2.38 bits per heavy atom. The first-order valence-corrected chi connectivity index (χ1v) is 11.4. The maximum Gasteiger partial charge on any atom is 0.168 e. The molecule has 150 valence electrons. The number of hydrogen-bond acceptors (Lipinski definition) is 3. The third-order valence-corrected chi connectivity index (χ3v) is 7.36. The SMILES string of the molecule is c1cc(-c2cccc3c2sc2ccccc23)cc(-c2nnc3c4ccccc4ccn23)c1. The van der Waals surface area contributed by atoms with E-state index in [9.17, 15) is 0 Å². The molecule has 0 amide bonds. The monoisotopic (exact) mass is 427 g/mol. The minimum atomic E-state index is 0.858. The highest BCUT2D eigenvalue weighted by Crippen LogP contribution is 2.40. The molecule has 7 rings (SSSR count). The molecule has 0 saturated heterocycles. The van der Waals surface area contributed by atoms with Gasteiger partial charge in [0.25, 0.3) is 0 Å². The number of fused-ring (bicyclic) bond motifs is 6. The lowest BCUT2D eigenvalue weighted by Gasteiger charge is -2.07.